The number of hydrogen-bond acceptors (Lipinski definition) is 4. The number of carbonyl (C=O) groups is 1. The Morgan fingerprint density at radius 2 is 2.16 bits per heavy atom. The zero-order chi connectivity index (χ0) is 14.6. The molecule has 0 unspecified atom stereocenters. The van der Waals surface area contributed by atoms with Crippen LogP contribution in [0.3, 0.4) is 0 Å². The van der Waals surface area contributed by atoms with Gasteiger partial charge in [-0.15, -0.1) is 0 Å². The third-order valence-corrected chi connectivity index (χ3v) is 3.58. The molecule has 0 atom stereocenters. The third-order valence-electron chi connectivity index (χ3n) is 3.15. The Bertz CT molecular complexity index is 443. The highest BCUT2D eigenvalue weighted by molar-refractivity contribution is 6.31. The van der Waals surface area contributed by atoms with Gasteiger partial charge in [-0.25, -0.2) is 0 Å². The van der Waals surface area contributed by atoms with Crippen molar-refractivity contribution >= 4 is 17.6 Å². The van der Waals surface area contributed by atoms with Gasteiger partial charge in [0.2, 0.25) is 0 Å². The first-order valence-corrected chi connectivity index (χ1v) is 6.79. The van der Waals surface area contributed by atoms with E-state index >= 15 is 0 Å². The molecule has 0 N–H and O–H groups in total. The lowest BCUT2D eigenvalue weighted by molar-refractivity contribution is -0.142. The molecule has 1 heterocycles. The van der Waals surface area contributed by atoms with Gasteiger partial charge in [-0.1, -0.05) is 18.5 Å². The number of rotatable bonds is 6. The minimum absolute atomic E-state index is 0.218. The zero-order valence-electron chi connectivity index (χ0n) is 12.2. The molecule has 108 valence electrons. The molecule has 1 rings (SSSR count). The number of carbonyl (C=O) groups excluding carboxylic acids is 1. The quantitative estimate of drug-likeness (QED) is 0.751. The number of methoxy groups -OCH3 is 1. The number of esters is 1. The highest BCUT2D eigenvalue weighted by Crippen LogP contribution is 2.22. The van der Waals surface area contributed by atoms with Crippen molar-refractivity contribution in [3.8, 4) is 0 Å². The summed E-state index contributed by atoms with van der Waals surface area (Å²) in [6.45, 7) is 6.92. The van der Waals surface area contributed by atoms with Gasteiger partial charge in [0.1, 0.15) is 0 Å². The summed E-state index contributed by atoms with van der Waals surface area (Å²) in [5.74, 6) is -0.247. The molecule has 0 amide bonds. The molecule has 0 bridgehead atoms. The summed E-state index contributed by atoms with van der Waals surface area (Å²) in [6, 6.07) is 0.218. The topological polar surface area (TPSA) is 47.4 Å². The van der Waals surface area contributed by atoms with Gasteiger partial charge in [0.25, 0.3) is 0 Å². The average Bonchev–Trinajstić information content (AvgIpc) is 2.64. The van der Waals surface area contributed by atoms with Gasteiger partial charge < -0.3 is 4.74 Å². The van der Waals surface area contributed by atoms with Crippen LogP contribution in [0.2, 0.25) is 5.02 Å². The molecule has 1 aromatic heterocycles. The molecule has 5 nitrogen and oxygen atoms in total. The zero-order valence-corrected chi connectivity index (χ0v) is 13.0. The number of aryl methyl sites for hydroxylation is 2. The first kappa shape index (κ1) is 16.0. The van der Waals surface area contributed by atoms with Crippen LogP contribution < -0.4 is 0 Å². The Morgan fingerprint density at radius 3 is 2.58 bits per heavy atom. The molecular weight excluding hydrogens is 266 g/mol. The fourth-order valence-corrected chi connectivity index (χ4v) is 2.19. The molecule has 19 heavy (non-hydrogen) atoms. The van der Waals surface area contributed by atoms with Crippen molar-refractivity contribution in [3.05, 3.63) is 16.4 Å². The van der Waals surface area contributed by atoms with E-state index in [1.165, 1.54) is 7.11 Å². The number of halogens is 1. The second-order valence-electron chi connectivity index (χ2n) is 4.76. The minimum atomic E-state index is -0.247. The van der Waals surface area contributed by atoms with Gasteiger partial charge in [0.15, 0.2) is 0 Å². The van der Waals surface area contributed by atoms with Crippen LogP contribution in [0, 0.1) is 0 Å². The third kappa shape index (κ3) is 3.94. The number of hydrogen-bond donors (Lipinski definition) is 0. The lowest BCUT2D eigenvalue weighted by Crippen LogP contribution is -2.36. The number of aromatic nitrogens is 2. The Labute approximate surface area is 119 Å². The molecule has 0 aliphatic heterocycles. The van der Waals surface area contributed by atoms with Crippen molar-refractivity contribution in [3.63, 3.8) is 0 Å². The fourth-order valence-electron chi connectivity index (χ4n) is 1.84. The molecule has 0 aliphatic rings. The van der Waals surface area contributed by atoms with E-state index in [0.29, 0.717) is 11.6 Å². The van der Waals surface area contributed by atoms with Crippen molar-refractivity contribution in [1.29, 1.82) is 0 Å². The van der Waals surface area contributed by atoms with Crippen molar-refractivity contribution in [2.75, 3.05) is 13.7 Å². The molecular formula is C13H22ClN3O2. The molecule has 6 heteroatoms. The van der Waals surface area contributed by atoms with E-state index in [-0.39, 0.29) is 18.6 Å². The molecule has 0 saturated carbocycles. The lowest BCUT2D eigenvalue weighted by atomic mass is 10.2. The van der Waals surface area contributed by atoms with Crippen LogP contribution in [0.25, 0.3) is 0 Å². The maximum Gasteiger partial charge on any atom is 0.319 e. The predicted octanol–water partition coefficient (Wildman–Crippen LogP) is 2.02. The fraction of sp³-hybridized carbons (Fsp3) is 0.692. The van der Waals surface area contributed by atoms with E-state index < -0.39 is 0 Å². The van der Waals surface area contributed by atoms with Crippen molar-refractivity contribution < 1.29 is 9.53 Å². The summed E-state index contributed by atoms with van der Waals surface area (Å²) >= 11 is 6.32. The molecule has 0 fully saturated rings. The van der Waals surface area contributed by atoms with E-state index in [0.717, 1.165) is 17.8 Å². The molecule has 0 spiro atoms. The van der Waals surface area contributed by atoms with Crippen LogP contribution in [0.1, 0.15) is 32.2 Å². The maximum absolute atomic E-state index is 11.4. The van der Waals surface area contributed by atoms with Gasteiger partial charge in [-0.3, -0.25) is 14.4 Å². The van der Waals surface area contributed by atoms with Gasteiger partial charge >= 0.3 is 5.97 Å². The van der Waals surface area contributed by atoms with Crippen molar-refractivity contribution in [2.45, 2.75) is 39.8 Å². The Kier molecular flexibility index (Phi) is 5.82. The molecule has 0 aliphatic carbocycles. The van der Waals surface area contributed by atoms with Gasteiger partial charge in [-0.05, 0) is 20.3 Å². The molecule has 0 aromatic carbocycles. The van der Waals surface area contributed by atoms with Gasteiger partial charge in [-0.2, -0.15) is 5.10 Å². The Balaban J connectivity index is 2.90. The van der Waals surface area contributed by atoms with Crippen LogP contribution in [0.4, 0.5) is 0 Å². The monoisotopic (exact) mass is 287 g/mol. The largest absolute Gasteiger partial charge is 0.468 e. The molecule has 0 radical (unpaired) electrons. The number of ether oxygens (including phenoxy) is 1. The first-order valence-electron chi connectivity index (χ1n) is 6.41. The number of nitrogens with zero attached hydrogens (tertiary/aromatic N) is 3. The summed E-state index contributed by atoms with van der Waals surface area (Å²) in [5.41, 5.74) is 1.82. The van der Waals surface area contributed by atoms with Crippen LogP contribution in [0.15, 0.2) is 0 Å². The van der Waals surface area contributed by atoms with Crippen LogP contribution >= 0.6 is 11.6 Å². The molecule has 0 saturated heterocycles. The summed E-state index contributed by atoms with van der Waals surface area (Å²) in [4.78, 5) is 13.4. The van der Waals surface area contributed by atoms with Crippen LogP contribution in [0.5, 0.6) is 0 Å². The van der Waals surface area contributed by atoms with Crippen LogP contribution in [-0.2, 0) is 29.5 Å². The normalized spacial score (nSPS) is 11.4. The second-order valence-corrected chi connectivity index (χ2v) is 5.14. The van der Waals surface area contributed by atoms with Crippen molar-refractivity contribution in [2.24, 2.45) is 7.05 Å². The van der Waals surface area contributed by atoms with E-state index in [1.54, 1.807) is 4.68 Å². The van der Waals surface area contributed by atoms with Crippen LogP contribution in [-0.4, -0.2) is 40.3 Å². The van der Waals surface area contributed by atoms with Crippen molar-refractivity contribution in [1.82, 2.24) is 14.7 Å². The highest BCUT2D eigenvalue weighted by atomic mass is 35.5. The molecule has 1 aromatic rings. The van der Waals surface area contributed by atoms with E-state index in [1.807, 2.05) is 32.7 Å². The smallest absolute Gasteiger partial charge is 0.319 e. The van der Waals surface area contributed by atoms with E-state index in [4.69, 9.17) is 16.3 Å². The van der Waals surface area contributed by atoms with Gasteiger partial charge in [0, 0.05) is 19.6 Å². The Hall–Kier alpha value is -1.07. The summed E-state index contributed by atoms with van der Waals surface area (Å²) < 4.78 is 6.50. The summed E-state index contributed by atoms with van der Waals surface area (Å²) in [7, 11) is 3.27. The summed E-state index contributed by atoms with van der Waals surface area (Å²) in [5, 5.41) is 5.08. The second kappa shape index (κ2) is 6.91. The predicted molar refractivity (Wildman–Crippen MR) is 75.2 cm³/mol. The average molecular weight is 288 g/mol. The summed E-state index contributed by atoms with van der Waals surface area (Å²) in [6.07, 6.45) is 0.797. The first-order chi connectivity index (χ1) is 8.90. The van der Waals surface area contributed by atoms with E-state index in [9.17, 15) is 4.79 Å². The SMILES string of the molecule is CCc1nn(C)c(CN(CC(=O)OC)C(C)C)c1Cl. The maximum atomic E-state index is 11.4. The minimum Gasteiger partial charge on any atom is -0.468 e. The highest BCUT2D eigenvalue weighted by Gasteiger charge is 2.20. The standard InChI is InChI=1S/C13H22ClN3O2/c1-6-10-13(14)11(16(4)15-10)7-17(9(2)3)8-12(18)19-5/h9H,6-8H2,1-5H3. The Morgan fingerprint density at radius 1 is 1.53 bits per heavy atom. The lowest BCUT2D eigenvalue weighted by Gasteiger charge is -2.25. The van der Waals surface area contributed by atoms with Gasteiger partial charge in [0.05, 0.1) is 30.1 Å². The van der Waals surface area contributed by atoms with E-state index in [2.05, 4.69) is 5.10 Å².